The second kappa shape index (κ2) is 12.0. The topological polar surface area (TPSA) is 171 Å². The highest BCUT2D eigenvalue weighted by atomic mass is 32.2. The fourth-order valence-electron chi connectivity index (χ4n) is 4.79. The van der Waals surface area contributed by atoms with E-state index in [4.69, 9.17) is 4.74 Å². The first-order valence-electron chi connectivity index (χ1n) is 13.1. The Balaban J connectivity index is 1.37. The number of nitro groups is 1. The van der Waals surface area contributed by atoms with Gasteiger partial charge in [-0.2, -0.15) is 23.3 Å². The molecule has 2 N–H and O–H groups in total. The summed E-state index contributed by atoms with van der Waals surface area (Å²) in [7, 11) is -2.42. The van der Waals surface area contributed by atoms with Gasteiger partial charge in [-0.3, -0.25) is 10.1 Å². The van der Waals surface area contributed by atoms with Crippen LogP contribution in [0.2, 0.25) is 0 Å². The predicted octanol–water partition coefficient (Wildman–Crippen LogP) is 4.73. The van der Waals surface area contributed by atoms with Gasteiger partial charge in [0.25, 0.3) is 5.69 Å². The molecule has 0 spiro atoms. The summed E-state index contributed by atoms with van der Waals surface area (Å²) in [5.41, 5.74) is -0.319. The van der Waals surface area contributed by atoms with Crippen LogP contribution in [0.25, 0.3) is 5.82 Å². The maximum Gasteiger partial charge on any atom is 0.421 e. The number of nitrogens with one attached hydrogen (secondary N) is 2. The SMILES string of the molecule is CNS(=O)(=O)c1ccc(Nc2ncc(C(F)(F)F)c(-n3cc(C4CCCC4OC(=O)c4ccc([N+](=O)[O-])cc4)cn3)n2)cc1. The van der Waals surface area contributed by atoms with Gasteiger partial charge in [0.05, 0.1) is 21.6 Å². The number of nitro benzene ring substituents is 1. The molecular weight excluding hydrogens is 607 g/mol. The molecule has 13 nitrogen and oxygen atoms in total. The van der Waals surface area contributed by atoms with E-state index in [-0.39, 0.29) is 28.0 Å². The van der Waals surface area contributed by atoms with Crippen molar-refractivity contribution >= 4 is 33.3 Å². The Bertz CT molecular complexity index is 1800. The minimum atomic E-state index is -4.81. The van der Waals surface area contributed by atoms with Gasteiger partial charge in [-0.05, 0) is 68.3 Å². The summed E-state index contributed by atoms with van der Waals surface area (Å²) in [5, 5.41) is 17.8. The predicted molar refractivity (Wildman–Crippen MR) is 149 cm³/mol. The summed E-state index contributed by atoms with van der Waals surface area (Å²) in [4.78, 5) is 30.8. The zero-order valence-electron chi connectivity index (χ0n) is 22.9. The number of ether oxygens (including phenoxy) is 1. The summed E-state index contributed by atoms with van der Waals surface area (Å²) in [5.74, 6) is -1.77. The van der Waals surface area contributed by atoms with Crippen molar-refractivity contribution < 1.29 is 36.0 Å². The molecule has 4 aromatic rings. The van der Waals surface area contributed by atoms with Gasteiger partial charge in [0.1, 0.15) is 11.7 Å². The van der Waals surface area contributed by atoms with Gasteiger partial charge in [-0.15, -0.1) is 0 Å². The van der Waals surface area contributed by atoms with Crippen molar-refractivity contribution in [1.29, 1.82) is 0 Å². The third-order valence-electron chi connectivity index (χ3n) is 7.04. The quantitative estimate of drug-likeness (QED) is 0.149. The van der Waals surface area contributed by atoms with E-state index >= 15 is 0 Å². The van der Waals surface area contributed by atoms with Crippen molar-refractivity contribution in [3.8, 4) is 5.82 Å². The fraction of sp³-hybridized carbons (Fsp3) is 0.259. The number of anilines is 2. The average Bonchev–Trinajstić information content (AvgIpc) is 3.67. The zero-order valence-corrected chi connectivity index (χ0v) is 23.7. The molecule has 2 aromatic heterocycles. The molecule has 1 aliphatic rings. The molecular formula is C27H24F3N7O6S. The summed E-state index contributed by atoms with van der Waals surface area (Å²) in [6.07, 6.45) is -0.201. The van der Waals surface area contributed by atoms with Crippen molar-refractivity contribution in [1.82, 2.24) is 24.5 Å². The number of alkyl halides is 3. The lowest BCUT2D eigenvalue weighted by Gasteiger charge is -2.19. The number of carbonyl (C=O) groups is 1. The Morgan fingerprint density at radius 2 is 1.80 bits per heavy atom. The molecule has 1 fully saturated rings. The van der Waals surface area contributed by atoms with Crippen LogP contribution in [0.15, 0.2) is 72.0 Å². The van der Waals surface area contributed by atoms with Crippen molar-refractivity contribution in [2.45, 2.75) is 42.4 Å². The molecule has 0 saturated heterocycles. The summed E-state index contributed by atoms with van der Waals surface area (Å²) in [6, 6.07) is 10.4. The Hall–Kier alpha value is -4.90. The van der Waals surface area contributed by atoms with E-state index in [1.54, 1.807) is 0 Å². The Kier molecular flexibility index (Phi) is 8.33. The molecule has 1 aliphatic carbocycles. The van der Waals surface area contributed by atoms with Crippen LogP contribution < -0.4 is 10.0 Å². The standard InChI is InChI=1S/C27H24F3N7O6S/c1-31-44(41,42)20-11-7-18(8-12-20)34-26-32-14-22(27(28,29)30)24(35-26)36-15-17(13-33-36)21-3-2-4-23(21)43-25(38)16-5-9-19(10-6-16)37(39)40/h5-15,21,23,31H,2-4H2,1H3,(H,32,34,35). The molecule has 0 aliphatic heterocycles. The molecule has 0 radical (unpaired) electrons. The number of hydrogen-bond acceptors (Lipinski definition) is 10. The highest BCUT2D eigenvalue weighted by Crippen LogP contribution is 2.38. The number of sulfonamides is 1. The second-order valence-electron chi connectivity index (χ2n) is 9.79. The Morgan fingerprint density at radius 3 is 2.43 bits per heavy atom. The maximum atomic E-state index is 13.9. The number of esters is 1. The molecule has 0 bridgehead atoms. The minimum Gasteiger partial charge on any atom is -0.458 e. The van der Waals surface area contributed by atoms with E-state index in [0.717, 1.165) is 4.68 Å². The molecule has 2 aromatic carbocycles. The summed E-state index contributed by atoms with van der Waals surface area (Å²) >= 11 is 0. The largest absolute Gasteiger partial charge is 0.458 e. The summed E-state index contributed by atoms with van der Waals surface area (Å²) < 4.78 is 74.5. The van der Waals surface area contributed by atoms with E-state index in [1.165, 1.54) is 68.0 Å². The van der Waals surface area contributed by atoms with Crippen LogP contribution in [0.1, 0.15) is 46.7 Å². The first-order valence-corrected chi connectivity index (χ1v) is 14.6. The number of nitrogens with zero attached hydrogens (tertiary/aromatic N) is 5. The van der Waals surface area contributed by atoms with Crippen LogP contribution >= 0.6 is 0 Å². The second-order valence-corrected chi connectivity index (χ2v) is 11.7. The molecule has 17 heteroatoms. The lowest BCUT2D eigenvalue weighted by Crippen LogP contribution is -2.21. The van der Waals surface area contributed by atoms with E-state index < -0.39 is 44.6 Å². The molecule has 2 atom stereocenters. The van der Waals surface area contributed by atoms with Gasteiger partial charge in [0, 0.05) is 36.1 Å². The molecule has 2 heterocycles. The lowest BCUT2D eigenvalue weighted by molar-refractivity contribution is -0.384. The number of benzene rings is 2. The smallest absolute Gasteiger partial charge is 0.421 e. The zero-order chi connectivity index (χ0) is 31.6. The Labute approximate surface area is 248 Å². The van der Waals surface area contributed by atoms with Gasteiger partial charge >= 0.3 is 12.1 Å². The minimum absolute atomic E-state index is 0.00714. The number of carbonyl (C=O) groups excluding carboxylic acids is 1. The van der Waals surface area contributed by atoms with Crippen LogP contribution in [0.4, 0.5) is 30.5 Å². The molecule has 230 valence electrons. The van der Waals surface area contributed by atoms with Gasteiger partial charge in [0.2, 0.25) is 16.0 Å². The summed E-state index contributed by atoms with van der Waals surface area (Å²) in [6.45, 7) is 0. The van der Waals surface area contributed by atoms with E-state index in [0.29, 0.717) is 36.7 Å². The highest BCUT2D eigenvalue weighted by Gasteiger charge is 2.37. The third kappa shape index (κ3) is 6.52. The highest BCUT2D eigenvalue weighted by molar-refractivity contribution is 7.89. The van der Waals surface area contributed by atoms with Crippen molar-refractivity contribution in [2.75, 3.05) is 12.4 Å². The monoisotopic (exact) mass is 631 g/mol. The molecule has 0 amide bonds. The van der Waals surface area contributed by atoms with Gasteiger partial charge in [-0.25, -0.2) is 27.6 Å². The van der Waals surface area contributed by atoms with Crippen LogP contribution in [-0.4, -0.2) is 52.2 Å². The van der Waals surface area contributed by atoms with E-state index in [9.17, 15) is 36.5 Å². The fourth-order valence-corrected chi connectivity index (χ4v) is 5.52. The first kappa shape index (κ1) is 30.6. The molecule has 1 saturated carbocycles. The molecule has 5 rings (SSSR count). The molecule has 44 heavy (non-hydrogen) atoms. The van der Waals surface area contributed by atoms with Crippen LogP contribution in [0.3, 0.4) is 0 Å². The van der Waals surface area contributed by atoms with Crippen LogP contribution in [0.5, 0.6) is 0 Å². The van der Waals surface area contributed by atoms with Crippen LogP contribution in [0, 0.1) is 10.1 Å². The number of aromatic nitrogens is 4. The number of halogens is 3. The van der Waals surface area contributed by atoms with Crippen molar-refractivity contribution in [3.63, 3.8) is 0 Å². The lowest BCUT2D eigenvalue weighted by atomic mass is 9.99. The van der Waals surface area contributed by atoms with E-state index in [1.807, 2.05) is 0 Å². The number of rotatable bonds is 9. The van der Waals surface area contributed by atoms with Gasteiger partial charge in [0.15, 0.2) is 5.82 Å². The van der Waals surface area contributed by atoms with Gasteiger partial charge in [-0.1, -0.05) is 0 Å². The third-order valence-corrected chi connectivity index (χ3v) is 8.47. The van der Waals surface area contributed by atoms with E-state index in [2.05, 4.69) is 25.1 Å². The average molecular weight is 632 g/mol. The van der Waals surface area contributed by atoms with Crippen molar-refractivity contribution in [2.24, 2.45) is 0 Å². The van der Waals surface area contributed by atoms with Gasteiger partial charge < -0.3 is 10.1 Å². The van der Waals surface area contributed by atoms with Crippen LogP contribution in [-0.2, 0) is 20.9 Å². The number of non-ortho nitro benzene ring substituents is 1. The van der Waals surface area contributed by atoms with Crippen molar-refractivity contribution in [3.05, 3.63) is 93.9 Å². The Morgan fingerprint density at radius 1 is 1.09 bits per heavy atom. The normalized spacial score (nSPS) is 16.9. The number of hydrogen-bond donors (Lipinski definition) is 2. The maximum absolute atomic E-state index is 13.9. The first-order chi connectivity index (χ1) is 20.9. The molecule has 2 unspecified atom stereocenters.